The molecule has 0 aliphatic rings. The fourth-order valence-corrected chi connectivity index (χ4v) is 0.605. The Morgan fingerprint density at radius 1 is 1.13 bits per heavy atom. The second-order valence-corrected chi connectivity index (χ2v) is 4.92. The molecule has 0 saturated heterocycles. The van der Waals surface area contributed by atoms with Crippen LogP contribution in [0.5, 0.6) is 0 Å². The summed E-state index contributed by atoms with van der Waals surface area (Å²) in [5, 5.41) is 15.8. The topological polar surface area (TPSA) is 110 Å². The Hall–Kier alpha value is -2.41. The molecule has 0 amide bonds. The standard InChI is InChI=1S/C7H12O2.C6H10O3.C3H4O2/c1-5-6(8)9-7(2,3)4;1-5(2)6(8)9-4-3-7;1-2-3(4)5/h5H,1H2,2-4H3;7H,1,3-4H2,2H3;2H,1H2,(H,4,5). The largest absolute Gasteiger partial charge is 0.478 e. The molecule has 0 atom stereocenters. The van der Waals surface area contributed by atoms with E-state index in [2.05, 4.69) is 24.5 Å². The first kappa shape index (κ1) is 25.5. The lowest BCUT2D eigenvalue weighted by atomic mass is 10.2. The molecule has 0 fully saturated rings. The van der Waals surface area contributed by atoms with Gasteiger partial charge in [-0.05, 0) is 27.7 Å². The van der Waals surface area contributed by atoms with E-state index < -0.39 is 17.5 Å². The monoisotopic (exact) mass is 330 g/mol. The summed E-state index contributed by atoms with van der Waals surface area (Å²) >= 11 is 0. The second kappa shape index (κ2) is 14.5. The van der Waals surface area contributed by atoms with Gasteiger partial charge in [0.2, 0.25) is 0 Å². The molecule has 0 bridgehead atoms. The molecule has 0 heterocycles. The minimum absolute atomic E-state index is 0.0473. The Kier molecular flexibility index (Phi) is 16.1. The van der Waals surface area contributed by atoms with Gasteiger partial charge < -0.3 is 19.7 Å². The minimum atomic E-state index is -0.981. The van der Waals surface area contributed by atoms with Gasteiger partial charge in [-0.2, -0.15) is 0 Å². The maximum absolute atomic E-state index is 10.5. The molecule has 2 N–H and O–H groups in total. The van der Waals surface area contributed by atoms with Crippen LogP contribution in [0.3, 0.4) is 0 Å². The Morgan fingerprint density at radius 3 is 1.74 bits per heavy atom. The van der Waals surface area contributed by atoms with Gasteiger partial charge in [0.05, 0.1) is 6.61 Å². The number of carbonyl (C=O) groups excluding carboxylic acids is 2. The molecule has 23 heavy (non-hydrogen) atoms. The van der Waals surface area contributed by atoms with Gasteiger partial charge in [-0.15, -0.1) is 0 Å². The van der Waals surface area contributed by atoms with Gasteiger partial charge in [0.1, 0.15) is 12.2 Å². The van der Waals surface area contributed by atoms with Crippen molar-refractivity contribution in [3.8, 4) is 0 Å². The third kappa shape index (κ3) is 28.5. The number of hydrogen-bond donors (Lipinski definition) is 2. The van der Waals surface area contributed by atoms with Gasteiger partial charge in [0.25, 0.3) is 0 Å². The summed E-state index contributed by atoms with van der Waals surface area (Å²) in [5.74, 6) is -1.81. The van der Waals surface area contributed by atoms with E-state index in [-0.39, 0.29) is 19.2 Å². The van der Waals surface area contributed by atoms with E-state index in [1.807, 2.05) is 20.8 Å². The molecule has 0 aliphatic carbocycles. The van der Waals surface area contributed by atoms with Crippen molar-refractivity contribution in [1.29, 1.82) is 0 Å². The van der Waals surface area contributed by atoms with Crippen molar-refractivity contribution in [3.63, 3.8) is 0 Å². The van der Waals surface area contributed by atoms with Crippen molar-refractivity contribution in [3.05, 3.63) is 37.5 Å². The molecule has 0 rings (SSSR count). The lowest BCUT2D eigenvalue weighted by Crippen LogP contribution is -2.22. The third-order valence-corrected chi connectivity index (χ3v) is 1.42. The molecule has 0 aromatic carbocycles. The number of rotatable bonds is 5. The summed E-state index contributed by atoms with van der Waals surface area (Å²) < 4.78 is 9.29. The van der Waals surface area contributed by atoms with Crippen molar-refractivity contribution in [2.75, 3.05) is 13.2 Å². The zero-order valence-corrected chi connectivity index (χ0v) is 14.1. The zero-order chi connectivity index (χ0) is 19.1. The van der Waals surface area contributed by atoms with Crippen LogP contribution in [0.15, 0.2) is 37.5 Å². The van der Waals surface area contributed by atoms with Crippen molar-refractivity contribution in [2.24, 2.45) is 0 Å². The number of carboxylic acids is 1. The Labute approximate surface area is 136 Å². The number of carbonyl (C=O) groups is 3. The smallest absolute Gasteiger partial charge is 0.333 e. The molecule has 0 saturated carbocycles. The number of ether oxygens (including phenoxy) is 2. The summed E-state index contributed by atoms with van der Waals surface area (Å²) in [6.07, 6.45) is 1.99. The molecule has 0 aromatic heterocycles. The van der Waals surface area contributed by atoms with Gasteiger partial charge in [0, 0.05) is 17.7 Å². The van der Waals surface area contributed by atoms with E-state index in [0.29, 0.717) is 5.57 Å². The van der Waals surface area contributed by atoms with E-state index in [0.717, 1.165) is 12.2 Å². The van der Waals surface area contributed by atoms with E-state index in [4.69, 9.17) is 14.9 Å². The van der Waals surface area contributed by atoms with E-state index in [1.165, 1.54) is 0 Å². The number of esters is 2. The molecule has 0 radical (unpaired) electrons. The molecule has 7 heteroatoms. The molecular weight excluding hydrogens is 304 g/mol. The van der Waals surface area contributed by atoms with Crippen LogP contribution in [0.25, 0.3) is 0 Å². The van der Waals surface area contributed by atoms with Crippen LogP contribution >= 0.6 is 0 Å². The highest BCUT2D eigenvalue weighted by molar-refractivity contribution is 5.86. The molecule has 132 valence electrons. The minimum Gasteiger partial charge on any atom is -0.478 e. The highest BCUT2D eigenvalue weighted by atomic mass is 16.6. The lowest BCUT2D eigenvalue weighted by molar-refractivity contribution is -0.148. The highest BCUT2D eigenvalue weighted by Crippen LogP contribution is 2.06. The number of aliphatic hydroxyl groups excluding tert-OH is 1. The van der Waals surface area contributed by atoms with Crippen LogP contribution in [-0.2, 0) is 23.9 Å². The molecule has 0 unspecified atom stereocenters. The number of hydrogen-bond acceptors (Lipinski definition) is 6. The van der Waals surface area contributed by atoms with Gasteiger partial charge in [-0.3, -0.25) is 0 Å². The predicted molar refractivity (Wildman–Crippen MR) is 86.7 cm³/mol. The van der Waals surface area contributed by atoms with Crippen LogP contribution < -0.4 is 0 Å². The van der Waals surface area contributed by atoms with Crippen molar-refractivity contribution in [1.82, 2.24) is 0 Å². The van der Waals surface area contributed by atoms with Gasteiger partial charge in [-0.1, -0.05) is 19.7 Å². The first-order valence-electron chi connectivity index (χ1n) is 6.55. The molecule has 0 aliphatic heterocycles. The first-order chi connectivity index (χ1) is 10.4. The number of aliphatic hydroxyl groups is 1. The maximum Gasteiger partial charge on any atom is 0.333 e. The van der Waals surface area contributed by atoms with Crippen LogP contribution in [0, 0.1) is 0 Å². The summed E-state index contributed by atoms with van der Waals surface area (Å²) in [5.41, 5.74) is -0.0471. The first-order valence-corrected chi connectivity index (χ1v) is 6.55. The quantitative estimate of drug-likeness (QED) is 0.585. The second-order valence-electron chi connectivity index (χ2n) is 4.92. The van der Waals surface area contributed by atoms with Crippen LogP contribution in [0.1, 0.15) is 27.7 Å². The fraction of sp³-hybridized carbons (Fsp3) is 0.438. The number of aliphatic carboxylic acids is 1. The Balaban J connectivity index is -0.000000273. The van der Waals surface area contributed by atoms with E-state index in [1.54, 1.807) is 6.92 Å². The van der Waals surface area contributed by atoms with Crippen LogP contribution in [-0.4, -0.2) is 46.9 Å². The highest BCUT2D eigenvalue weighted by Gasteiger charge is 2.12. The molecule has 0 spiro atoms. The van der Waals surface area contributed by atoms with Gasteiger partial charge in [-0.25, -0.2) is 14.4 Å². The zero-order valence-electron chi connectivity index (χ0n) is 14.1. The van der Waals surface area contributed by atoms with E-state index in [9.17, 15) is 14.4 Å². The SMILES string of the molecule is C=C(C)C(=O)OCCO.C=CC(=O)O.C=CC(=O)OC(C)(C)C. The predicted octanol–water partition coefficient (Wildman–Crippen LogP) is 1.87. The van der Waals surface area contributed by atoms with Gasteiger partial charge in [0.15, 0.2) is 0 Å². The Morgan fingerprint density at radius 2 is 1.57 bits per heavy atom. The van der Waals surface area contributed by atoms with Gasteiger partial charge >= 0.3 is 17.9 Å². The summed E-state index contributed by atoms with van der Waals surface area (Å²) in [6, 6.07) is 0. The van der Waals surface area contributed by atoms with Crippen LogP contribution in [0.4, 0.5) is 0 Å². The normalized spacial score (nSPS) is 8.91. The lowest BCUT2D eigenvalue weighted by Gasteiger charge is -2.17. The summed E-state index contributed by atoms with van der Waals surface area (Å²) in [4.78, 5) is 30.2. The average molecular weight is 330 g/mol. The molecular formula is C16H26O7. The van der Waals surface area contributed by atoms with Crippen LogP contribution in [0.2, 0.25) is 0 Å². The van der Waals surface area contributed by atoms with E-state index >= 15 is 0 Å². The fourth-order valence-electron chi connectivity index (χ4n) is 0.605. The van der Waals surface area contributed by atoms with Crippen molar-refractivity contribution >= 4 is 17.9 Å². The average Bonchev–Trinajstić information content (AvgIpc) is 2.43. The third-order valence-electron chi connectivity index (χ3n) is 1.42. The Bertz CT molecular complexity index is 417. The summed E-state index contributed by atoms with van der Waals surface area (Å²) in [7, 11) is 0. The van der Waals surface area contributed by atoms with Crippen molar-refractivity contribution in [2.45, 2.75) is 33.3 Å². The molecule has 7 nitrogen and oxygen atoms in total. The summed E-state index contributed by atoms with van der Waals surface area (Å²) in [6.45, 7) is 16.5. The maximum atomic E-state index is 10.5. The molecule has 0 aromatic rings. The van der Waals surface area contributed by atoms with Crippen molar-refractivity contribution < 1.29 is 34.1 Å². The number of carboxylic acid groups (broad SMARTS) is 1.